The van der Waals surface area contributed by atoms with Gasteiger partial charge in [0.25, 0.3) is 5.91 Å². The van der Waals surface area contributed by atoms with Crippen molar-refractivity contribution in [1.82, 2.24) is 0 Å². The lowest BCUT2D eigenvalue weighted by Gasteiger charge is -2.16. The second-order valence-electron chi connectivity index (χ2n) is 5.45. The summed E-state index contributed by atoms with van der Waals surface area (Å²) >= 11 is 6.20. The molecule has 0 fully saturated rings. The average molecular weight is 393 g/mol. The van der Waals surface area contributed by atoms with Crippen LogP contribution in [0.4, 0.5) is 16.2 Å². The van der Waals surface area contributed by atoms with E-state index in [0.29, 0.717) is 35.0 Å². The molecule has 0 saturated carbocycles. The van der Waals surface area contributed by atoms with E-state index in [-0.39, 0.29) is 10.9 Å². The fourth-order valence-electron chi connectivity index (χ4n) is 2.35. The Morgan fingerprint density at radius 2 is 1.81 bits per heavy atom. The zero-order valence-electron chi connectivity index (χ0n) is 15.5. The smallest absolute Gasteiger partial charge is 0.413 e. The maximum Gasteiger partial charge on any atom is 0.413 e. The van der Waals surface area contributed by atoms with Crippen LogP contribution in [0.15, 0.2) is 36.4 Å². The van der Waals surface area contributed by atoms with Gasteiger partial charge in [0.05, 0.1) is 25.8 Å². The normalized spacial score (nSPS) is 10.1. The van der Waals surface area contributed by atoms with E-state index >= 15 is 0 Å². The number of benzene rings is 2. The summed E-state index contributed by atoms with van der Waals surface area (Å²) in [7, 11) is 4.38. The third kappa shape index (κ3) is 4.83. The van der Waals surface area contributed by atoms with Crippen LogP contribution in [0.1, 0.15) is 17.3 Å². The Kier molecular flexibility index (Phi) is 6.90. The van der Waals surface area contributed by atoms with Gasteiger partial charge in [-0.05, 0) is 43.3 Å². The molecule has 0 aliphatic carbocycles. The highest BCUT2D eigenvalue weighted by molar-refractivity contribution is 6.32. The molecule has 2 amide bonds. The van der Waals surface area contributed by atoms with Crippen LogP contribution in [0.25, 0.3) is 0 Å². The van der Waals surface area contributed by atoms with Crippen molar-refractivity contribution in [2.45, 2.75) is 6.92 Å². The first kappa shape index (κ1) is 20.4. The molecule has 0 atom stereocenters. The van der Waals surface area contributed by atoms with Gasteiger partial charge in [-0.1, -0.05) is 11.6 Å². The number of carbonyl (C=O) groups is 2. The van der Waals surface area contributed by atoms with E-state index in [1.54, 1.807) is 37.4 Å². The van der Waals surface area contributed by atoms with Crippen LogP contribution in [-0.4, -0.2) is 39.9 Å². The first-order valence-corrected chi connectivity index (χ1v) is 8.52. The molecule has 0 radical (unpaired) electrons. The number of nitrogens with zero attached hydrogens (tertiary/aromatic N) is 1. The van der Waals surface area contributed by atoms with E-state index < -0.39 is 6.09 Å². The number of methoxy groups -OCH3 is 2. The fraction of sp³-hybridized carbons (Fsp3) is 0.263. The predicted molar refractivity (Wildman–Crippen MR) is 104 cm³/mol. The lowest BCUT2D eigenvalue weighted by atomic mass is 10.1. The highest BCUT2D eigenvalue weighted by Gasteiger charge is 2.16. The lowest BCUT2D eigenvalue weighted by Crippen LogP contribution is -2.25. The molecule has 0 heterocycles. The molecule has 2 aromatic carbocycles. The topological polar surface area (TPSA) is 77.1 Å². The number of amides is 2. The van der Waals surface area contributed by atoms with E-state index in [2.05, 4.69) is 10.1 Å². The minimum atomic E-state index is -0.483. The standard InChI is InChI=1S/C19H21ClN2O5/c1-5-27-17-15(20)10-12(11-16(17)25-3)18(23)21-13-6-8-14(9-7-13)22(2)19(24)26-4/h6-11H,5H2,1-4H3,(H,21,23). The summed E-state index contributed by atoms with van der Waals surface area (Å²) in [5, 5.41) is 3.06. The predicted octanol–water partition coefficient (Wildman–Crippen LogP) is 4.20. The van der Waals surface area contributed by atoms with Gasteiger partial charge >= 0.3 is 6.09 Å². The number of anilines is 2. The number of hydrogen-bond acceptors (Lipinski definition) is 5. The first-order valence-electron chi connectivity index (χ1n) is 8.14. The maximum atomic E-state index is 12.5. The lowest BCUT2D eigenvalue weighted by molar-refractivity contribution is 0.102. The van der Waals surface area contributed by atoms with Gasteiger partial charge in [0, 0.05) is 24.0 Å². The molecule has 0 spiro atoms. The van der Waals surface area contributed by atoms with Crippen molar-refractivity contribution in [3.8, 4) is 11.5 Å². The highest BCUT2D eigenvalue weighted by atomic mass is 35.5. The van der Waals surface area contributed by atoms with E-state index in [0.717, 1.165) is 0 Å². The van der Waals surface area contributed by atoms with Gasteiger partial charge in [0.1, 0.15) is 0 Å². The number of nitrogens with one attached hydrogen (secondary N) is 1. The summed E-state index contributed by atoms with van der Waals surface area (Å²) in [4.78, 5) is 25.4. The Hall–Kier alpha value is -2.93. The van der Waals surface area contributed by atoms with Gasteiger partial charge in [-0.3, -0.25) is 9.69 Å². The van der Waals surface area contributed by atoms with Crippen molar-refractivity contribution >= 4 is 35.0 Å². The van der Waals surface area contributed by atoms with Crippen molar-refractivity contribution in [2.75, 3.05) is 38.1 Å². The summed E-state index contributed by atoms with van der Waals surface area (Å²) in [6, 6.07) is 9.83. The minimum Gasteiger partial charge on any atom is -0.493 e. The first-order chi connectivity index (χ1) is 12.9. The summed E-state index contributed by atoms with van der Waals surface area (Å²) in [5.41, 5.74) is 1.52. The zero-order valence-corrected chi connectivity index (χ0v) is 16.3. The molecule has 144 valence electrons. The number of carbonyl (C=O) groups excluding carboxylic acids is 2. The second-order valence-corrected chi connectivity index (χ2v) is 5.86. The van der Waals surface area contributed by atoms with Gasteiger partial charge in [-0.2, -0.15) is 0 Å². The maximum absolute atomic E-state index is 12.5. The molecule has 8 heteroatoms. The van der Waals surface area contributed by atoms with Crippen molar-refractivity contribution in [2.24, 2.45) is 0 Å². The van der Waals surface area contributed by atoms with Gasteiger partial charge < -0.3 is 19.5 Å². The third-order valence-electron chi connectivity index (χ3n) is 3.74. The molecule has 0 aromatic heterocycles. The summed E-state index contributed by atoms with van der Waals surface area (Å²) in [6.45, 7) is 2.26. The summed E-state index contributed by atoms with van der Waals surface area (Å²) in [6.07, 6.45) is -0.483. The van der Waals surface area contributed by atoms with Crippen LogP contribution in [0.2, 0.25) is 5.02 Å². The summed E-state index contributed by atoms with van der Waals surface area (Å²) in [5.74, 6) is 0.422. The number of hydrogen-bond donors (Lipinski definition) is 1. The van der Waals surface area contributed by atoms with Crippen LogP contribution in [0.3, 0.4) is 0 Å². The van der Waals surface area contributed by atoms with Gasteiger partial charge in [0.15, 0.2) is 11.5 Å². The van der Waals surface area contributed by atoms with E-state index in [1.807, 2.05) is 6.92 Å². The molecule has 0 aliphatic heterocycles. The van der Waals surface area contributed by atoms with Gasteiger partial charge in [-0.25, -0.2) is 4.79 Å². The van der Waals surface area contributed by atoms with Crippen molar-refractivity contribution in [1.29, 1.82) is 0 Å². The quantitative estimate of drug-likeness (QED) is 0.797. The molecule has 27 heavy (non-hydrogen) atoms. The van der Waals surface area contributed by atoms with Crippen molar-refractivity contribution in [3.63, 3.8) is 0 Å². The Morgan fingerprint density at radius 3 is 2.37 bits per heavy atom. The van der Waals surface area contributed by atoms with Crippen LogP contribution in [0.5, 0.6) is 11.5 Å². The number of ether oxygens (including phenoxy) is 3. The Labute approximate surface area is 162 Å². The van der Waals surface area contributed by atoms with Crippen LogP contribution in [-0.2, 0) is 4.74 Å². The van der Waals surface area contributed by atoms with Crippen LogP contribution >= 0.6 is 11.6 Å². The summed E-state index contributed by atoms with van der Waals surface area (Å²) < 4.78 is 15.4. The minimum absolute atomic E-state index is 0.288. The van der Waals surface area contributed by atoms with Crippen molar-refractivity contribution in [3.05, 3.63) is 47.0 Å². The monoisotopic (exact) mass is 392 g/mol. The van der Waals surface area contributed by atoms with E-state index in [1.165, 1.54) is 25.2 Å². The van der Waals surface area contributed by atoms with E-state index in [4.69, 9.17) is 21.1 Å². The van der Waals surface area contributed by atoms with Crippen LogP contribution < -0.4 is 19.7 Å². The molecule has 0 bridgehead atoms. The van der Waals surface area contributed by atoms with Crippen molar-refractivity contribution < 1.29 is 23.8 Å². The molecule has 2 aromatic rings. The molecule has 0 unspecified atom stereocenters. The molecule has 1 N–H and O–H groups in total. The fourth-order valence-corrected chi connectivity index (χ4v) is 2.61. The Morgan fingerprint density at radius 1 is 1.15 bits per heavy atom. The number of rotatable bonds is 6. The van der Waals surface area contributed by atoms with Crippen LogP contribution in [0, 0.1) is 0 Å². The van der Waals surface area contributed by atoms with Gasteiger partial charge in [0.2, 0.25) is 0 Å². The van der Waals surface area contributed by atoms with E-state index in [9.17, 15) is 9.59 Å². The molecular weight excluding hydrogens is 372 g/mol. The molecule has 0 aliphatic rings. The largest absolute Gasteiger partial charge is 0.493 e. The molecular formula is C19H21ClN2O5. The SMILES string of the molecule is CCOc1c(Cl)cc(C(=O)Nc2ccc(N(C)C(=O)OC)cc2)cc1OC. The third-order valence-corrected chi connectivity index (χ3v) is 4.02. The highest BCUT2D eigenvalue weighted by Crippen LogP contribution is 2.36. The zero-order chi connectivity index (χ0) is 20.0. The van der Waals surface area contributed by atoms with Gasteiger partial charge in [-0.15, -0.1) is 0 Å². The Bertz CT molecular complexity index is 824. The molecule has 0 saturated heterocycles. The molecule has 7 nitrogen and oxygen atoms in total. The molecule has 2 rings (SSSR count). The number of halogens is 1. The average Bonchev–Trinajstić information content (AvgIpc) is 2.68. The Balaban J connectivity index is 2.17. The second kappa shape index (κ2) is 9.14.